The van der Waals surface area contributed by atoms with Gasteiger partial charge in [-0.05, 0) is 52.8 Å². The lowest BCUT2D eigenvalue weighted by atomic mass is 9.96. The molecule has 0 saturated heterocycles. The Bertz CT molecular complexity index is 583. The molecule has 0 aliphatic heterocycles. The van der Waals surface area contributed by atoms with Crippen molar-refractivity contribution in [2.75, 3.05) is 6.54 Å². The number of nitrogens with one attached hydrogen (secondary N) is 1. The van der Waals surface area contributed by atoms with Crippen LogP contribution in [0.3, 0.4) is 0 Å². The molecule has 0 fully saturated rings. The third-order valence-electron chi connectivity index (χ3n) is 3.56. The molecule has 2 atom stereocenters. The van der Waals surface area contributed by atoms with E-state index in [1.54, 1.807) is 11.3 Å². The fourth-order valence-electron chi connectivity index (χ4n) is 2.40. The van der Waals surface area contributed by atoms with Gasteiger partial charge in [-0.25, -0.2) is 0 Å². The topological polar surface area (TPSA) is 45.4 Å². The molecule has 0 aromatic carbocycles. The SMILES string of the molecule is Cc1cc(C(C)(O)CNC(C)c2ccc(C)s2)c(C)o1. The van der Waals surface area contributed by atoms with E-state index >= 15 is 0 Å². The van der Waals surface area contributed by atoms with E-state index in [2.05, 4.69) is 31.3 Å². The average Bonchev–Trinajstić information content (AvgIpc) is 2.93. The van der Waals surface area contributed by atoms with Crippen molar-refractivity contribution in [2.45, 2.75) is 46.3 Å². The van der Waals surface area contributed by atoms with Crippen LogP contribution in [0.4, 0.5) is 0 Å². The molecule has 0 amide bonds. The molecule has 2 N–H and O–H groups in total. The van der Waals surface area contributed by atoms with E-state index in [9.17, 15) is 5.11 Å². The van der Waals surface area contributed by atoms with E-state index in [0.717, 1.165) is 17.1 Å². The minimum absolute atomic E-state index is 0.230. The number of hydrogen-bond acceptors (Lipinski definition) is 4. The Hall–Kier alpha value is -1.10. The molecule has 0 saturated carbocycles. The van der Waals surface area contributed by atoms with Gasteiger partial charge in [0.25, 0.3) is 0 Å². The molecule has 2 aromatic rings. The highest BCUT2D eigenvalue weighted by molar-refractivity contribution is 7.12. The Morgan fingerprint density at radius 2 is 2.05 bits per heavy atom. The van der Waals surface area contributed by atoms with Gasteiger partial charge >= 0.3 is 0 Å². The van der Waals surface area contributed by atoms with E-state index < -0.39 is 5.60 Å². The zero-order chi connectivity index (χ0) is 14.9. The van der Waals surface area contributed by atoms with Gasteiger partial charge in [-0.1, -0.05) is 0 Å². The predicted octanol–water partition coefficient (Wildman–Crippen LogP) is 3.82. The number of thiophene rings is 1. The van der Waals surface area contributed by atoms with Crippen LogP contribution in [0.1, 0.15) is 46.7 Å². The Kier molecular flexibility index (Phi) is 4.37. The Balaban J connectivity index is 2.04. The molecule has 0 bridgehead atoms. The number of rotatable bonds is 5. The lowest BCUT2D eigenvalue weighted by Gasteiger charge is -2.25. The average molecular weight is 293 g/mol. The highest BCUT2D eigenvalue weighted by Crippen LogP contribution is 2.28. The van der Waals surface area contributed by atoms with E-state index in [1.807, 2.05) is 26.8 Å². The van der Waals surface area contributed by atoms with Crippen LogP contribution in [-0.4, -0.2) is 11.7 Å². The molecule has 0 radical (unpaired) electrons. The first kappa shape index (κ1) is 15.3. The lowest BCUT2D eigenvalue weighted by molar-refractivity contribution is 0.0530. The first-order chi connectivity index (χ1) is 9.29. The second-order valence-corrected chi connectivity index (χ2v) is 6.97. The largest absolute Gasteiger partial charge is 0.466 e. The molecule has 2 heterocycles. The van der Waals surface area contributed by atoms with Crippen molar-refractivity contribution in [1.82, 2.24) is 5.32 Å². The predicted molar refractivity (Wildman–Crippen MR) is 83.2 cm³/mol. The summed E-state index contributed by atoms with van der Waals surface area (Å²) in [6.45, 7) is 10.3. The molecule has 110 valence electrons. The fourth-order valence-corrected chi connectivity index (χ4v) is 3.30. The maximum absolute atomic E-state index is 10.7. The van der Waals surface area contributed by atoms with Crippen molar-refractivity contribution in [3.63, 3.8) is 0 Å². The van der Waals surface area contributed by atoms with Crippen molar-refractivity contribution in [1.29, 1.82) is 0 Å². The quantitative estimate of drug-likeness (QED) is 0.881. The summed E-state index contributed by atoms with van der Waals surface area (Å²) in [6.07, 6.45) is 0. The first-order valence-corrected chi connectivity index (χ1v) is 7.71. The van der Waals surface area contributed by atoms with Crippen LogP contribution in [0.5, 0.6) is 0 Å². The molecule has 2 aromatic heterocycles. The van der Waals surface area contributed by atoms with Crippen LogP contribution in [0.25, 0.3) is 0 Å². The second-order valence-electron chi connectivity index (χ2n) is 5.65. The molecule has 4 heteroatoms. The van der Waals surface area contributed by atoms with Crippen LogP contribution in [0.15, 0.2) is 22.6 Å². The summed E-state index contributed by atoms with van der Waals surface area (Å²) in [5.41, 5.74) is -0.0698. The molecule has 0 aliphatic rings. The Labute approximate surface area is 124 Å². The van der Waals surface area contributed by atoms with Gasteiger partial charge in [0, 0.05) is 27.9 Å². The lowest BCUT2D eigenvalue weighted by Crippen LogP contribution is -2.36. The van der Waals surface area contributed by atoms with E-state index in [-0.39, 0.29) is 6.04 Å². The normalized spacial score (nSPS) is 16.1. The first-order valence-electron chi connectivity index (χ1n) is 6.89. The number of furan rings is 1. The highest BCUT2D eigenvalue weighted by atomic mass is 32.1. The van der Waals surface area contributed by atoms with Gasteiger partial charge in [0.1, 0.15) is 17.1 Å². The highest BCUT2D eigenvalue weighted by Gasteiger charge is 2.28. The maximum atomic E-state index is 10.7. The molecule has 0 aliphatic carbocycles. The van der Waals surface area contributed by atoms with E-state index in [1.165, 1.54) is 9.75 Å². The van der Waals surface area contributed by atoms with Crippen LogP contribution < -0.4 is 5.32 Å². The minimum Gasteiger partial charge on any atom is -0.466 e. The summed E-state index contributed by atoms with van der Waals surface area (Å²) < 4.78 is 5.51. The molecule has 0 spiro atoms. The third kappa shape index (κ3) is 3.32. The minimum atomic E-state index is -0.928. The third-order valence-corrected chi connectivity index (χ3v) is 4.75. The number of hydrogen-bond donors (Lipinski definition) is 2. The van der Waals surface area contributed by atoms with Gasteiger partial charge in [0.15, 0.2) is 0 Å². The van der Waals surface area contributed by atoms with Crippen LogP contribution >= 0.6 is 11.3 Å². The second kappa shape index (κ2) is 5.72. The molecule has 20 heavy (non-hydrogen) atoms. The molecule has 2 rings (SSSR count). The van der Waals surface area contributed by atoms with Crippen LogP contribution in [0, 0.1) is 20.8 Å². The molecular formula is C16H23NO2S. The molecule has 2 unspecified atom stereocenters. The van der Waals surface area contributed by atoms with Gasteiger partial charge in [-0.15, -0.1) is 11.3 Å². The number of aliphatic hydroxyl groups is 1. The van der Waals surface area contributed by atoms with E-state index in [4.69, 9.17) is 4.42 Å². The van der Waals surface area contributed by atoms with Gasteiger partial charge < -0.3 is 14.8 Å². The van der Waals surface area contributed by atoms with E-state index in [0.29, 0.717) is 6.54 Å². The summed E-state index contributed by atoms with van der Waals surface area (Å²) in [7, 11) is 0. The van der Waals surface area contributed by atoms with Crippen molar-refractivity contribution in [3.8, 4) is 0 Å². The van der Waals surface area contributed by atoms with Crippen LogP contribution in [-0.2, 0) is 5.60 Å². The van der Waals surface area contributed by atoms with Crippen LogP contribution in [0.2, 0.25) is 0 Å². The zero-order valence-electron chi connectivity index (χ0n) is 12.8. The summed E-state index contributed by atoms with van der Waals surface area (Å²) in [5.74, 6) is 1.62. The summed E-state index contributed by atoms with van der Waals surface area (Å²) in [4.78, 5) is 2.60. The van der Waals surface area contributed by atoms with Crippen molar-refractivity contribution < 1.29 is 9.52 Å². The number of aryl methyl sites for hydroxylation is 3. The smallest absolute Gasteiger partial charge is 0.107 e. The summed E-state index contributed by atoms with van der Waals surface area (Å²) >= 11 is 1.79. The maximum Gasteiger partial charge on any atom is 0.107 e. The van der Waals surface area contributed by atoms with Crippen molar-refractivity contribution in [2.24, 2.45) is 0 Å². The van der Waals surface area contributed by atoms with Gasteiger partial charge in [0.05, 0.1) is 0 Å². The van der Waals surface area contributed by atoms with Crippen molar-refractivity contribution >= 4 is 11.3 Å². The Morgan fingerprint density at radius 1 is 1.35 bits per heavy atom. The van der Waals surface area contributed by atoms with Gasteiger partial charge in [-0.2, -0.15) is 0 Å². The Morgan fingerprint density at radius 3 is 2.55 bits per heavy atom. The summed E-state index contributed by atoms with van der Waals surface area (Å²) in [6, 6.07) is 6.41. The summed E-state index contributed by atoms with van der Waals surface area (Å²) in [5, 5.41) is 14.1. The molecule has 3 nitrogen and oxygen atoms in total. The van der Waals surface area contributed by atoms with Crippen molar-refractivity contribution in [3.05, 3.63) is 45.0 Å². The monoisotopic (exact) mass is 293 g/mol. The fraction of sp³-hybridized carbons (Fsp3) is 0.500. The van der Waals surface area contributed by atoms with Gasteiger partial charge in [-0.3, -0.25) is 0 Å². The molecular weight excluding hydrogens is 270 g/mol. The standard InChI is InChI=1S/C16H23NO2S/c1-10-8-14(13(4)19-10)16(5,18)9-17-12(3)15-7-6-11(2)20-15/h6-8,12,17-18H,9H2,1-5H3. The zero-order valence-corrected chi connectivity index (χ0v) is 13.6. The van der Waals surface area contributed by atoms with Gasteiger partial charge in [0.2, 0.25) is 0 Å².